The average Bonchev–Trinajstić information content (AvgIpc) is 3.58. The molecule has 0 N–H and O–H groups in total. The second-order valence-corrected chi connectivity index (χ2v) is 8.86. The van der Waals surface area contributed by atoms with Gasteiger partial charge in [-0.05, 0) is 60.5 Å². The molecule has 0 saturated carbocycles. The number of pyridine rings is 1. The van der Waals surface area contributed by atoms with Crippen LogP contribution in [0.5, 0.6) is 5.75 Å². The molecule has 0 aliphatic rings. The highest BCUT2D eigenvalue weighted by atomic mass is 32.1. The van der Waals surface area contributed by atoms with Gasteiger partial charge in [0.1, 0.15) is 16.4 Å². The number of thiazole rings is 1. The van der Waals surface area contributed by atoms with Gasteiger partial charge in [-0.1, -0.05) is 18.2 Å². The van der Waals surface area contributed by atoms with E-state index in [-0.39, 0.29) is 5.91 Å². The summed E-state index contributed by atoms with van der Waals surface area (Å²) < 4.78 is 10.9. The number of carbonyl (C=O) groups is 1. The fraction of sp³-hybridized carbons (Fsp3) is 0.148. The molecule has 0 unspecified atom stereocenters. The number of hydrogen-bond donors (Lipinski definition) is 0. The van der Waals surface area contributed by atoms with Crippen LogP contribution in [0.1, 0.15) is 26.6 Å². The molecule has 6 nitrogen and oxygen atoms in total. The molecule has 0 saturated heterocycles. The third-order valence-electron chi connectivity index (χ3n) is 5.71. The highest BCUT2D eigenvalue weighted by molar-refractivity contribution is 7.11. The van der Waals surface area contributed by atoms with E-state index >= 15 is 0 Å². The summed E-state index contributed by atoms with van der Waals surface area (Å²) in [5, 5.41) is 1.04. The molecule has 5 rings (SSSR count). The Hall–Kier alpha value is -3.97. The van der Waals surface area contributed by atoms with Crippen molar-refractivity contribution in [2.75, 3.05) is 7.11 Å². The maximum atomic E-state index is 13.4. The molecule has 1 amide bonds. The van der Waals surface area contributed by atoms with Crippen LogP contribution in [0.3, 0.4) is 0 Å². The molecule has 7 heteroatoms. The van der Waals surface area contributed by atoms with E-state index in [1.54, 1.807) is 30.0 Å². The number of ether oxygens (including phenoxy) is 1. The molecule has 170 valence electrons. The first-order chi connectivity index (χ1) is 16.6. The number of nitrogens with zero attached hydrogens (tertiary/aromatic N) is 3. The highest BCUT2D eigenvalue weighted by Crippen LogP contribution is 2.30. The van der Waals surface area contributed by atoms with Gasteiger partial charge < -0.3 is 14.1 Å². The first-order valence-corrected chi connectivity index (χ1v) is 11.7. The minimum absolute atomic E-state index is 0.0936. The standard InChI is InChI=1S/C27H23N3O3S/c1-18-5-3-6-20-13-21(26(29-25(18)20)19-8-10-22(32-2)11-9-19)15-30(16-23-7-4-12-33-23)27(31)24-14-28-17-34-24/h3-14,17H,15-16H2,1-2H3. The molecule has 5 aromatic rings. The number of benzene rings is 2. The van der Waals surface area contributed by atoms with E-state index in [1.807, 2.05) is 42.5 Å². The number of rotatable bonds is 7. The zero-order valence-electron chi connectivity index (χ0n) is 18.9. The molecular weight excluding hydrogens is 446 g/mol. The molecule has 0 aliphatic heterocycles. The van der Waals surface area contributed by atoms with Gasteiger partial charge in [0.25, 0.3) is 5.91 Å². The molecule has 2 aromatic carbocycles. The summed E-state index contributed by atoms with van der Waals surface area (Å²) in [5.74, 6) is 1.40. The summed E-state index contributed by atoms with van der Waals surface area (Å²) in [4.78, 5) is 24.9. The Labute approximate surface area is 201 Å². The Bertz CT molecular complexity index is 1410. The van der Waals surface area contributed by atoms with Gasteiger partial charge >= 0.3 is 0 Å². The molecule has 0 fully saturated rings. The van der Waals surface area contributed by atoms with Crippen LogP contribution < -0.4 is 4.74 Å². The quantitative estimate of drug-likeness (QED) is 0.288. The van der Waals surface area contributed by atoms with Crippen LogP contribution in [0, 0.1) is 6.92 Å². The highest BCUT2D eigenvalue weighted by Gasteiger charge is 2.22. The van der Waals surface area contributed by atoms with Gasteiger partial charge in [-0.2, -0.15) is 0 Å². The summed E-state index contributed by atoms with van der Waals surface area (Å²) in [6.45, 7) is 2.77. The molecule has 0 aliphatic carbocycles. The van der Waals surface area contributed by atoms with Crippen molar-refractivity contribution in [3.63, 3.8) is 0 Å². The minimum atomic E-state index is -0.0936. The summed E-state index contributed by atoms with van der Waals surface area (Å²) in [6, 6.07) is 19.8. The Morgan fingerprint density at radius 1 is 1.09 bits per heavy atom. The lowest BCUT2D eigenvalue weighted by molar-refractivity contribution is 0.0722. The van der Waals surface area contributed by atoms with Crippen LogP contribution in [0.2, 0.25) is 0 Å². The first-order valence-electron chi connectivity index (χ1n) is 10.9. The number of hydrogen-bond acceptors (Lipinski definition) is 6. The van der Waals surface area contributed by atoms with E-state index in [4.69, 9.17) is 14.1 Å². The summed E-state index contributed by atoms with van der Waals surface area (Å²) in [6.07, 6.45) is 3.22. The van der Waals surface area contributed by atoms with Crippen molar-refractivity contribution in [1.82, 2.24) is 14.9 Å². The summed E-state index contributed by atoms with van der Waals surface area (Å²) >= 11 is 1.33. The normalized spacial score (nSPS) is 11.0. The van der Waals surface area contributed by atoms with Gasteiger partial charge in [-0.15, -0.1) is 11.3 Å². The Morgan fingerprint density at radius 3 is 2.65 bits per heavy atom. The van der Waals surface area contributed by atoms with E-state index in [0.717, 1.165) is 39.0 Å². The lowest BCUT2D eigenvalue weighted by Gasteiger charge is -2.23. The van der Waals surface area contributed by atoms with Crippen LogP contribution in [0.15, 0.2) is 83.1 Å². The molecule has 0 radical (unpaired) electrons. The van der Waals surface area contributed by atoms with Gasteiger partial charge in [0, 0.05) is 17.5 Å². The number of carbonyl (C=O) groups excluding carboxylic acids is 1. The lowest BCUT2D eigenvalue weighted by Crippen LogP contribution is -2.29. The van der Waals surface area contributed by atoms with E-state index in [9.17, 15) is 4.79 Å². The average molecular weight is 470 g/mol. The maximum absolute atomic E-state index is 13.4. The van der Waals surface area contributed by atoms with Gasteiger partial charge in [0.15, 0.2) is 0 Å². The van der Waals surface area contributed by atoms with Crippen molar-refractivity contribution >= 4 is 28.1 Å². The summed E-state index contributed by atoms with van der Waals surface area (Å²) in [7, 11) is 1.65. The predicted octanol–water partition coefficient (Wildman–Crippen LogP) is 6.11. The van der Waals surface area contributed by atoms with Crippen LogP contribution in [-0.4, -0.2) is 27.9 Å². The third-order valence-corrected chi connectivity index (χ3v) is 6.47. The predicted molar refractivity (Wildman–Crippen MR) is 133 cm³/mol. The van der Waals surface area contributed by atoms with Gasteiger partial charge in [0.2, 0.25) is 0 Å². The fourth-order valence-electron chi connectivity index (χ4n) is 3.98. The number of furan rings is 1. The van der Waals surface area contributed by atoms with Crippen molar-refractivity contribution in [2.45, 2.75) is 20.0 Å². The monoisotopic (exact) mass is 469 g/mol. The van der Waals surface area contributed by atoms with Crippen molar-refractivity contribution in [1.29, 1.82) is 0 Å². The Balaban J connectivity index is 1.61. The van der Waals surface area contributed by atoms with Crippen LogP contribution >= 0.6 is 11.3 Å². The second kappa shape index (κ2) is 9.49. The molecule has 0 spiro atoms. The molecule has 3 aromatic heterocycles. The van der Waals surface area contributed by atoms with E-state index in [2.05, 4.69) is 30.1 Å². The van der Waals surface area contributed by atoms with Gasteiger partial charge in [-0.3, -0.25) is 9.78 Å². The van der Waals surface area contributed by atoms with Crippen LogP contribution in [0.4, 0.5) is 0 Å². The smallest absolute Gasteiger partial charge is 0.266 e. The fourth-order valence-corrected chi connectivity index (χ4v) is 4.57. The Morgan fingerprint density at radius 2 is 1.94 bits per heavy atom. The van der Waals surface area contributed by atoms with Crippen LogP contribution in [-0.2, 0) is 13.1 Å². The van der Waals surface area contributed by atoms with Gasteiger partial charge in [-0.25, -0.2) is 4.98 Å². The van der Waals surface area contributed by atoms with Crippen molar-refractivity contribution in [3.8, 4) is 17.0 Å². The van der Waals surface area contributed by atoms with Crippen molar-refractivity contribution in [2.24, 2.45) is 0 Å². The van der Waals surface area contributed by atoms with E-state index in [0.29, 0.717) is 23.7 Å². The molecule has 34 heavy (non-hydrogen) atoms. The molecule has 0 atom stereocenters. The van der Waals surface area contributed by atoms with E-state index < -0.39 is 0 Å². The van der Waals surface area contributed by atoms with Crippen LogP contribution in [0.25, 0.3) is 22.2 Å². The van der Waals surface area contributed by atoms with E-state index in [1.165, 1.54) is 11.3 Å². The molecular formula is C27H23N3O3S. The largest absolute Gasteiger partial charge is 0.497 e. The number of methoxy groups -OCH3 is 1. The number of fused-ring (bicyclic) bond motifs is 1. The number of amides is 1. The Kier molecular flexibility index (Phi) is 6.10. The van der Waals surface area contributed by atoms with Gasteiger partial charge in [0.05, 0.1) is 42.8 Å². The van der Waals surface area contributed by atoms with Crippen molar-refractivity contribution in [3.05, 3.63) is 100 Å². The maximum Gasteiger partial charge on any atom is 0.266 e. The van der Waals surface area contributed by atoms with Crippen molar-refractivity contribution < 1.29 is 13.9 Å². The lowest BCUT2D eigenvalue weighted by atomic mass is 10.0. The second-order valence-electron chi connectivity index (χ2n) is 7.98. The molecule has 3 heterocycles. The topological polar surface area (TPSA) is 68.5 Å². The zero-order valence-corrected chi connectivity index (χ0v) is 19.7. The number of aryl methyl sites for hydroxylation is 1. The minimum Gasteiger partial charge on any atom is -0.497 e. The summed E-state index contributed by atoms with van der Waals surface area (Å²) in [5.41, 5.74) is 6.47. The number of para-hydroxylation sites is 1. The zero-order chi connectivity index (χ0) is 23.5. The third kappa shape index (κ3) is 4.43. The SMILES string of the molecule is COc1ccc(-c2nc3c(C)cccc3cc2CN(Cc2ccco2)C(=O)c2cncs2)cc1. The first kappa shape index (κ1) is 21.9. The number of aromatic nitrogens is 2. The molecule has 0 bridgehead atoms.